The highest BCUT2D eigenvalue weighted by molar-refractivity contribution is 5.98. The molecule has 2 N–H and O–H groups in total. The lowest BCUT2D eigenvalue weighted by molar-refractivity contribution is 0.0952. The van der Waals surface area contributed by atoms with Crippen molar-refractivity contribution in [2.75, 3.05) is 0 Å². The first kappa shape index (κ1) is 20.0. The number of hydrogen-bond acceptors (Lipinski definition) is 4. The van der Waals surface area contributed by atoms with Gasteiger partial charge in [0.05, 0.1) is 17.5 Å². The van der Waals surface area contributed by atoms with Gasteiger partial charge < -0.3 is 5.11 Å². The Morgan fingerprint density at radius 2 is 1.81 bits per heavy atom. The number of phenols is 1. The average Bonchev–Trinajstić information content (AvgIpc) is 3.21. The van der Waals surface area contributed by atoms with Gasteiger partial charge >= 0.3 is 0 Å². The van der Waals surface area contributed by atoms with Crippen LogP contribution in [0.25, 0.3) is 16.9 Å². The number of hydrazone groups is 1. The Balaban J connectivity index is 1.64. The molecule has 0 aliphatic rings. The number of amides is 1. The number of phenolic OH excluding ortho intramolecular Hbond substituents is 1. The van der Waals surface area contributed by atoms with E-state index in [9.17, 15) is 14.3 Å². The number of aromatic nitrogens is 2. The Morgan fingerprint density at radius 3 is 2.55 bits per heavy atom. The van der Waals surface area contributed by atoms with Crippen LogP contribution in [0.4, 0.5) is 4.39 Å². The fourth-order valence-corrected chi connectivity index (χ4v) is 3.09. The highest BCUT2D eigenvalue weighted by atomic mass is 19.1. The molecule has 1 aromatic heterocycles. The standard InChI is InChI=1S/C24H19FN4O2/c1-16-6-5-9-21(23(16)30)24(31)27-26-14-18-15-29(20-7-3-2-4-8-20)28-22(18)17-10-12-19(25)13-11-17/h2-15,30H,1H3,(H,27,31)/b26-14+. The van der Waals surface area contributed by atoms with Crippen LogP contribution in [-0.4, -0.2) is 27.0 Å². The number of carbonyl (C=O) groups is 1. The molecule has 0 radical (unpaired) electrons. The Kier molecular flexibility index (Phi) is 5.57. The Labute approximate surface area is 178 Å². The molecule has 1 heterocycles. The summed E-state index contributed by atoms with van der Waals surface area (Å²) in [7, 11) is 0. The SMILES string of the molecule is Cc1cccc(C(=O)N/N=C/c2cn(-c3ccccc3)nc2-c2ccc(F)cc2)c1O. The van der Waals surface area contributed by atoms with Crippen LogP contribution in [0, 0.1) is 12.7 Å². The van der Waals surface area contributed by atoms with E-state index in [-0.39, 0.29) is 17.1 Å². The molecule has 0 bridgehead atoms. The summed E-state index contributed by atoms with van der Waals surface area (Å²) in [6, 6.07) is 20.4. The zero-order valence-corrected chi connectivity index (χ0v) is 16.7. The van der Waals surface area contributed by atoms with Gasteiger partial charge in [-0.1, -0.05) is 30.3 Å². The van der Waals surface area contributed by atoms with Crippen molar-refractivity contribution in [3.8, 4) is 22.7 Å². The van der Waals surface area contributed by atoms with Crippen LogP contribution in [-0.2, 0) is 0 Å². The van der Waals surface area contributed by atoms with Crippen LogP contribution < -0.4 is 5.43 Å². The minimum Gasteiger partial charge on any atom is -0.507 e. The molecule has 0 spiro atoms. The molecule has 31 heavy (non-hydrogen) atoms. The third-order valence-electron chi connectivity index (χ3n) is 4.73. The van der Waals surface area contributed by atoms with E-state index in [1.165, 1.54) is 24.4 Å². The summed E-state index contributed by atoms with van der Waals surface area (Å²) in [5.41, 5.74) is 5.93. The molecule has 6 nitrogen and oxygen atoms in total. The van der Waals surface area contributed by atoms with E-state index in [0.29, 0.717) is 22.4 Å². The number of rotatable bonds is 5. The molecule has 0 saturated heterocycles. The summed E-state index contributed by atoms with van der Waals surface area (Å²) < 4.78 is 15.1. The van der Waals surface area contributed by atoms with Crippen LogP contribution >= 0.6 is 0 Å². The second-order valence-electron chi connectivity index (χ2n) is 6.89. The summed E-state index contributed by atoms with van der Waals surface area (Å²) in [5, 5.41) is 18.7. The second-order valence-corrected chi connectivity index (χ2v) is 6.89. The van der Waals surface area contributed by atoms with Crippen LogP contribution in [0.5, 0.6) is 5.75 Å². The molecule has 0 aliphatic heterocycles. The van der Waals surface area contributed by atoms with E-state index >= 15 is 0 Å². The van der Waals surface area contributed by atoms with Crippen molar-refractivity contribution in [1.82, 2.24) is 15.2 Å². The Hall–Kier alpha value is -4.26. The van der Waals surface area contributed by atoms with Crippen molar-refractivity contribution in [2.24, 2.45) is 5.10 Å². The van der Waals surface area contributed by atoms with E-state index in [4.69, 9.17) is 0 Å². The predicted octanol–water partition coefficient (Wildman–Crippen LogP) is 4.46. The lowest BCUT2D eigenvalue weighted by Crippen LogP contribution is -2.17. The van der Waals surface area contributed by atoms with Gasteiger partial charge in [0, 0.05) is 17.3 Å². The van der Waals surface area contributed by atoms with Crippen molar-refractivity contribution >= 4 is 12.1 Å². The quantitative estimate of drug-likeness (QED) is 0.374. The summed E-state index contributed by atoms with van der Waals surface area (Å²) in [6.45, 7) is 1.71. The fraction of sp³-hybridized carbons (Fsp3) is 0.0417. The fourth-order valence-electron chi connectivity index (χ4n) is 3.09. The van der Waals surface area contributed by atoms with Gasteiger partial charge in [0.15, 0.2) is 0 Å². The second kappa shape index (κ2) is 8.62. The highest BCUT2D eigenvalue weighted by Crippen LogP contribution is 2.23. The first-order valence-electron chi connectivity index (χ1n) is 9.56. The number of para-hydroxylation sites is 2. The predicted molar refractivity (Wildman–Crippen MR) is 117 cm³/mol. The highest BCUT2D eigenvalue weighted by Gasteiger charge is 2.13. The zero-order valence-electron chi connectivity index (χ0n) is 16.7. The average molecular weight is 414 g/mol. The van der Waals surface area contributed by atoms with E-state index < -0.39 is 5.91 Å². The molecule has 0 unspecified atom stereocenters. The van der Waals surface area contributed by atoms with E-state index in [1.807, 2.05) is 30.3 Å². The third-order valence-corrected chi connectivity index (χ3v) is 4.73. The van der Waals surface area contributed by atoms with Gasteiger partial charge in [-0.25, -0.2) is 14.5 Å². The van der Waals surface area contributed by atoms with Gasteiger partial charge in [0.25, 0.3) is 5.91 Å². The van der Waals surface area contributed by atoms with E-state index in [1.54, 1.807) is 42.1 Å². The van der Waals surface area contributed by atoms with Crippen molar-refractivity contribution in [1.29, 1.82) is 0 Å². The number of nitrogens with zero attached hydrogens (tertiary/aromatic N) is 3. The molecular weight excluding hydrogens is 395 g/mol. The summed E-state index contributed by atoms with van der Waals surface area (Å²) >= 11 is 0. The molecule has 4 aromatic rings. The number of hydrogen-bond donors (Lipinski definition) is 2. The van der Waals surface area contributed by atoms with Crippen molar-refractivity contribution in [3.05, 3.63) is 102 Å². The third kappa shape index (κ3) is 4.35. The number of aromatic hydroxyl groups is 1. The molecule has 0 fully saturated rings. The maximum absolute atomic E-state index is 13.4. The van der Waals surface area contributed by atoms with Gasteiger partial charge in [0.2, 0.25) is 0 Å². The van der Waals surface area contributed by atoms with Gasteiger partial charge in [-0.2, -0.15) is 10.2 Å². The van der Waals surface area contributed by atoms with Crippen LogP contribution in [0.3, 0.4) is 0 Å². The maximum Gasteiger partial charge on any atom is 0.275 e. The number of carbonyl (C=O) groups excluding carboxylic acids is 1. The molecular formula is C24H19FN4O2. The molecule has 3 aromatic carbocycles. The molecule has 0 saturated carbocycles. The molecule has 154 valence electrons. The maximum atomic E-state index is 13.4. The Bertz CT molecular complexity index is 1250. The molecule has 0 atom stereocenters. The summed E-state index contributed by atoms with van der Waals surface area (Å²) in [5.74, 6) is -0.956. The minimum absolute atomic E-state index is 0.0842. The first-order chi connectivity index (χ1) is 15.0. The molecule has 4 rings (SSSR count). The lowest BCUT2D eigenvalue weighted by atomic mass is 10.1. The van der Waals surface area contributed by atoms with Crippen LogP contribution in [0.15, 0.2) is 84.1 Å². The molecule has 7 heteroatoms. The topological polar surface area (TPSA) is 79.5 Å². The van der Waals surface area contributed by atoms with Crippen molar-refractivity contribution in [2.45, 2.75) is 6.92 Å². The molecule has 1 amide bonds. The van der Waals surface area contributed by atoms with Crippen LogP contribution in [0.1, 0.15) is 21.5 Å². The lowest BCUT2D eigenvalue weighted by Gasteiger charge is -2.05. The summed E-state index contributed by atoms with van der Waals surface area (Å²) in [4.78, 5) is 12.4. The number of benzene rings is 3. The Morgan fingerprint density at radius 1 is 1.06 bits per heavy atom. The smallest absolute Gasteiger partial charge is 0.275 e. The summed E-state index contributed by atoms with van der Waals surface area (Å²) in [6.07, 6.45) is 3.24. The largest absolute Gasteiger partial charge is 0.507 e. The van der Waals surface area contributed by atoms with Crippen molar-refractivity contribution < 1.29 is 14.3 Å². The van der Waals surface area contributed by atoms with Gasteiger partial charge in [0.1, 0.15) is 17.3 Å². The molecule has 0 aliphatic carbocycles. The van der Waals surface area contributed by atoms with Gasteiger partial charge in [-0.3, -0.25) is 4.79 Å². The van der Waals surface area contributed by atoms with Gasteiger partial charge in [-0.15, -0.1) is 0 Å². The normalized spacial score (nSPS) is 11.0. The van der Waals surface area contributed by atoms with Crippen LogP contribution in [0.2, 0.25) is 0 Å². The van der Waals surface area contributed by atoms with Crippen molar-refractivity contribution in [3.63, 3.8) is 0 Å². The number of halogens is 1. The first-order valence-corrected chi connectivity index (χ1v) is 9.56. The van der Waals surface area contributed by atoms with E-state index in [0.717, 1.165) is 5.69 Å². The minimum atomic E-state index is -0.531. The monoisotopic (exact) mass is 414 g/mol. The van der Waals surface area contributed by atoms with E-state index in [2.05, 4.69) is 15.6 Å². The number of nitrogens with one attached hydrogen (secondary N) is 1. The zero-order chi connectivity index (χ0) is 21.8. The number of aryl methyl sites for hydroxylation is 1. The van der Waals surface area contributed by atoms with Gasteiger partial charge in [-0.05, 0) is 55.0 Å².